The number of nitrogens with zero attached hydrogens (tertiary/aromatic N) is 3. The monoisotopic (exact) mass is 456 g/mol. The number of aromatic hydroxyl groups is 1. The van der Waals surface area contributed by atoms with Crippen molar-refractivity contribution in [2.45, 2.75) is 57.9 Å². The minimum atomic E-state index is -0.882. The molecule has 2 aliphatic rings. The zero-order valence-electron chi connectivity index (χ0n) is 19.1. The largest absolute Gasteiger partial charge is 0.503 e. The first kappa shape index (κ1) is 23.0. The molecule has 0 spiro atoms. The third kappa shape index (κ3) is 3.80. The number of fused-ring (bicyclic) bond motifs is 2. The summed E-state index contributed by atoms with van der Waals surface area (Å²) in [6.45, 7) is 5.14. The van der Waals surface area contributed by atoms with Gasteiger partial charge in [-0.15, -0.1) is 0 Å². The quantitative estimate of drug-likeness (QED) is 0.720. The van der Waals surface area contributed by atoms with Gasteiger partial charge in [-0.1, -0.05) is 25.5 Å². The van der Waals surface area contributed by atoms with Crippen molar-refractivity contribution in [3.8, 4) is 5.75 Å². The molecule has 8 nitrogen and oxygen atoms in total. The third-order valence-corrected chi connectivity index (χ3v) is 6.98. The molecule has 3 heterocycles. The Labute approximate surface area is 191 Å². The summed E-state index contributed by atoms with van der Waals surface area (Å²) in [4.78, 5) is 43.0. The standard InChI is InChI=1S/C24H29FN4O4/c1-4-10-24-14-28-13-18(22(32)26-12-16-5-7-17(25)8-6-16)20(30)21(31)19(28)23(33)29(24)11-9-15(2)27(24)3/h5-8,13,15,31H,4,9-12,14H2,1-3H3,(H,26,32)/t15-,24?/m0/s1. The minimum Gasteiger partial charge on any atom is -0.503 e. The molecule has 4 rings (SSSR count). The maximum atomic E-state index is 13.4. The predicted octanol–water partition coefficient (Wildman–Crippen LogP) is 2.30. The van der Waals surface area contributed by atoms with Gasteiger partial charge in [-0.3, -0.25) is 19.3 Å². The van der Waals surface area contributed by atoms with Crippen LogP contribution in [0.3, 0.4) is 0 Å². The number of halogens is 1. The van der Waals surface area contributed by atoms with Crippen molar-refractivity contribution < 1.29 is 19.1 Å². The first-order chi connectivity index (χ1) is 15.7. The van der Waals surface area contributed by atoms with Crippen molar-refractivity contribution in [1.29, 1.82) is 0 Å². The number of aromatic nitrogens is 1. The molecule has 2 aromatic rings. The lowest BCUT2D eigenvalue weighted by atomic mass is 9.90. The molecule has 1 fully saturated rings. The maximum Gasteiger partial charge on any atom is 0.276 e. The van der Waals surface area contributed by atoms with Gasteiger partial charge in [0.2, 0.25) is 5.43 Å². The lowest BCUT2D eigenvalue weighted by Gasteiger charge is -2.58. The number of likely N-dealkylation sites (N-methyl/N-ethyl adjacent to an activating group) is 1. The number of rotatable bonds is 5. The van der Waals surface area contributed by atoms with Crippen LogP contribution in [0.25, 0.3) is 0 Å². The first-order valence-electron chi connectivity index (χ1n) is 11.2. The molecule has 176 valence electrons. The zero-order chi connectivity index (χ0) is 23.9. The number of carbonyl (C=O) groups is 2. The Balaban J connectivity index is 1.70. The van der Waals surface area contributed by atoms with Crippen LogP contribution in [-0.4, -0.2) is 56.6 Å². The Kier molecular flexibility index (Phi) is 6.00. The molecule has 0 saturated carbocycles. The average Bonchev–Trinajstić information content (AvgIpc) is 2.79. The van der Waals surface area contributed by atoms with Gasteiger partial charge in [0.05, 0.1) is 6.54 Å². The Morgan fingerprint density at radius 2 is 1.97 bits per heavy atom. The molecule has 1 saturated heterocycles. The third-order valence-electron chi connectivity index (χ3n) is 6.98. The Hall–Kier alpha value is -3.20. The molecule has 33 heavy (non-hydrogen) atoms. The number of carbonyl (C=O) groups excluding carboxylic acids is 2. The number of hydrogen-bond donors (Lipinski definition) is 2. The summed E-state index contributed by atoms with van der Waals surface area (Å²) in [7, 11) is 1.99. The molecule has 1 unspecified atom stereocenters. The van der Waals surface area contributed by atoms with Crippen molar-refractivity contribution in [1.82, 2.24) is 19.7 Å². The van der Waals surface area contributed by atoms with Crippen LogP contribution in [0.15, 0.2) is 35.3 Å². The molecule has 1 aromatic carbocycles. The second-order valence-electron chi connectivity index (χ2n) is 8.94. The van der Waals surface area contributed by atoms with Crippen LogP contribution in [0.4, 0.5) is 4.39 Å². The van der Waals surface area contributed by atoms with E-state index >= 15 is 0 Å². The lowest BCUT2D eigenvalue weighted by Crippen LogP contribution is -2.71. The van der Waals surface area contributed by atoms with Crippen molar-refractivity contribution in [3.05, 3.63) is 63.3 Å². The fraction of sp³-hybridized carbons (Fsp3) is 0.458. The number of amides is 2. The predicted molar refractivity (Wildman–Crippen MR) is 120 cm³/mol. The smallest absolute Gasteiger partial charge is 0.276 e. The van der Waals surface area contributed by atoms with Gasteiger partial charge >= 0.3 is 0 Å². The molecule has 2 aliphatic heterocycles. The van der Waals surface area contributed by atoms with E-state index in [2.05, 4.69) is 24.1 Å². The molecular formula is C24H29FN4O4. The van der Waals surface area contributed by atoms with E-state index < -0.39 is 28.7 Å². The van der Waals surface area contributed by atoms with E-state index in [1.807, 2.05) is 7.05 Å². The van der Waals surface area contributed by atoms with Gasteiger partial charge in [-0.25, -0.2) is 4.39 Å². The Bertz CT molecular complexity index is 1150. The van der Waals surface area contributed by atoms with Crippen LogP contribution in [-0.2, 0) is 13.1 Å². The highest BCUT2D eigenvalue weighted by Crippen LogP contribution is 2.39. The van der Waals surface area contributed by atoms with Crippen molar-refractivity contribution in [3.63, 3.8) is 0 Å². The molecule has 0 radical (unpaired) electrons. The second-order valence-corrected chi connectivity index (χ2v) is 8.94. The zero-order valence-corrected chi connectivity index (χ0v) is 19.1. The SMILES string of the molecule is CCCC12Cn3cc(C(=O)NCc4ccc(F)cc4)c(=O)c(O)c3C(=O)N1CC[C@H](C)N2C. The van der Waals surface area contributed by atoms with Crippen molar-refractivity contribution in [2.75, 3.05) is 13.6 Å². The van der Waals surface area contributed by atoms with Crippen molar-refractivity contribution in [2.24, 2.45) is 0 Å². The van der Waals surface area contributed by atoms with Gasteiger partial charge in [0.1, 0.15) is 17.0 Å². The fourth-order valence-corrected chi connectivity index (χ4v) is 5.04. The lowest BCUT2D eigenvalue weighted by molar-refractivity contribution is -0.104. The van der Waals surface area contributed by atoms with Gasteiger partial charge in [0.25, 0.3) is 11.8 Å². The minimum absolute atomic E-state index is 0.0789. The molecule has 2 atom stereocenters. The van der Waals surface area contributed by atoms with Crippen LogP contribution >= 0.6 is 0 Å². The van der Waals surface area contributed by atoms with Crippen molar-refractivity contribution >= 4 is 11.8 Å². The Morgan fingerprint density at radius 1 is 1.27 bits per heavy atom. The maximum absolute atomic E-state index is 13.4. The number of benzene rings is 1. The first-order valence-corrected chi connectivity index (χ1v) is 11.2. The molecule has 1 aromatic heterocycles. The summed E-state index contributed by atoms with van der Waals surface area (Å²) >= 11 is 0. The van der Waals surface area contributed by atoms with E-state index in [-0.39, 0.29) is 29.7 Å². The summed E-state index contributed by atoms with van der Waals surface area (Å²) in [5, 5.41) is 13.3. The van der Waals surface area contributed by atoms with Crippen LogP contribution in [0.5, 0.6) is 5.75 Å². The number of nitrogens with one attached hydrogen (secondary N) is 1. The summed E-state index contributed by atoms with van der Waals surface area (Å²) in [6.07, 6.45) is 3.73. The van der Waals surface area contributed by atoms with E-state index in [1.165, 1.54) is 30.5 Å². The van der Waals surface area contributed by atoms with Crippen LogP contribution < -0.4 is 10.7 Å². The van der Waals surface area contributed by atoms with E-state index in [9.17, 15) is 23.9 Å². The highest BCUT2D eigenvalue weighted by molar-refractivity contribution is 5.99. The molecule has 9 heteroatoms. The second kappa shape index (κ2) is 8.62. The molecule has 0 bridgehead atoms. The van der Waals surface area contributed by atoms with Gasteiger partial charge in [-0.2, -0.15) is 0 Å². The molecule has 2 amide bonds. The van der Waals surface area contributed by atoms with E-state index in [0.29, 0.717) is 18.7 Å². The molecular weight excluding hydrogens is 427 g/mol. The average molecular weight is 457 g/mol. The topological polar surface area (TPSA) is 94.9 Å². The summed E-state index contributed by atoms with van der Waals surface area (Å²) in [5.41, 5.74) is -1.13. The highest BCUT2D eigenvalue weighted by Gasteiger charge is 2.51. The van der Waals surface area contributed by atoms with E-state index in [1.54, 1.807) is 9.47 Å². The van der Waals surface area contributed by atoms with Gasteiger partial charge in [-0.05, 0) is 44.5 Å². The van der Waals surface area contributed by atoms with E-state index in [0.717, 1.165) is 19.3 Å². The van der Waals surface area contributed by atoms with Crippen LogP contribution in [0, 0.1) is 5.82 Å². The molecule has 2 N–H and O–H groups in total. The fourth-order valence-electron chi connectivity index (χ4n) is 5.04. The number of pyridine rings is 1. The van der Waals surface area contributed by atoms with Crippen LogP contribution in [0.1, 0.15) is 59.5 Å². The Morgan fingerprint density at radius 3 is 2.64 bits per heavy atom. The summed E-state index contributed by atoms with van der Waals surface area (Å²) in [5.74, 6) is -2.16. The summed E-state index contributed by atoms with van der Waals surface area (Å²) < 4.78 is 14.7. The van der Waals surface area contributed by atoms with Gasteiger partial charge < -0.3 is 19.9 Å². The van der Waals surface area contributed by atoms with Gasteiger partial charge in [0.15, 0.2) is 11.4 Å². The van der Waals surface area contributed by atoms with E-state index in [4.69, 9.17) is 0 Å². The number of hydrogen-bond acceptors (Lipinski definition) is 5. The van der Waals surface area contributed by atoms with Gasteiger partial charge in [0, 0.05) is 25.3 Å². The van der Waals surface area contributed by atoms with Crippen LogP contribution in [0.2, 0.25) is 0 Å². The summed E-state index contributed by atoms with van der Waals surface area (Å²) in [6, 6.07) is 5.90. The highest BCUT2D eigenvalue weighted by atomic mass is 19.1. The normalized spacial score (nSPS) is 22.6. The molecule has 0 aliphatic carbocycles.